The molecule has 5 aromatic rings. The molecule has 1 aromatic heterocycles. The molecule has 4 N–H and O–H groups in total. The van der Waals surface area contributed by atoms with Crippen LogP contribution in [0.15, 0.2) is 137 Å². The summed E-state index contributed by atoms with van der Waals surface area (Å²) < 4.78 is 0. The molecule has 0 bridgehead atoms. The van der Waals surface area contributed by atoms with Crippen LogP contribution >= 0.6 is 23.1 Å². The number of carbonyl (C=O) groups is 4. The number of anilines is 3. The summed E-state index contributed by atoms with van der Waals surface area (Å²) >= 11 is 2.78. The van der Waals surface area contributed by atoms with Crippen molar-refractivity contribution < 1.29 is 19.2 Å². The summed E-state index contributed by atoms with van der Waals surface area (Å²) in [6.07, 6.45) is 1.64. The fraction of sp³-hybridized carbons (Fsp3) is 0.0556. The standard InChI is InChI=1S/C36H30N4O4S2/c1-24(41)37-27-17-19-28(20-18-27)38-36(44)33(25-10-4-2-5-11-25)46-31-15-8-14-29(22-31)39-35(43)32(23-30-16-9-21-45-30)40-34(42)26-12-6-3-7-13-26/h2-23,33H,1H3,(H,37,41)(H,38,44)(H,39,43)(H,40,42)/b32-23-. The van der Waals surface area contributed by atoms with Crippen LogP contribution in [0.2, 0.25) is 0 Å². The lowest BCUT2D eigenvalue weighted by Gasteiger charge is -2.18. The summed E-state index contributed by atoms with van der Waals surface area (Å²) in [7, 11) is 0. The lowest BCUT2D eigenvalue weighted by atomic mass is 10.1. The number of hydrogen-bond acceptors (Lipinski definition) is 6. The van der Waals surface area contributed by atoms with E-state index in [9.17, 15) is 19.2 Å². The fourth-order valence-corrected chi connectivity index (χ4v) is 6.13. The second-order valence-electron chi connectivity index (χ2n) is 10.0. The van der Waals surface area contributed by atoms with Crippen LogP contribution in [0.5, 0.6) is 0 Å². The number of carbonyl (C=O) groups excluding carboxylic acids is 4. The van der Waals surface area contributed by atoms with Gasteiger partial charge in [0.2, 0.25) is 11.8 Å². The van der Waals surface area contributed by atoms with Gasteiger partial charge >= 0.3 is 0 Å². The van der Waals surface area contributed by atoms with Gasteiger partial charge in [-0.1, -0.05) is 60.7 Å². The largest absolute Gasteiger partial charge is 0.326 e. The lowest BCUT2D eigenvalue weighted by Crippen LogP contribution is -2.30. The highest BCUT2D eigenvalue weighted by molar-refractivity contribution is 8.00. The molecule has 0 aliphatic carbocycles. The maximum Gasteiger partial charge on any atom is 0.272 e. The van der Waals surface area contributed by atoms with E-state index in [2.05, 4.69) is 21.3 Å². The molecular formula is C36H30N4O4S2. The Bertz CT molecular complexity index is 1840. The Labute approximate surface area is 274 Å². The number of amides is 4. The quantitative estimate of drug-likeness (QED) is 0.0872. The van der Waals surface area contributed by atoms with Crippen molar-refractivity contribution in [2.75, 3.05) is 16.0 Å². The highest BCUT2D eigenvalue weighted by Crippen LogP contribution is 2.37. The third-order valence-corrected chi connectivity index (χ3v) is 8.59. The Morgan fingerprint density at radius 3 is 2.02 bits per heavy atom. The van der Waals surface area contributed by atoms with Crippen molar-refractivity contribution >= 4 is 69.9 Å². The first-order valence-electron chi connectivity index (χ1n) is 14.3. The predicted molar refractivity (Wildman–Crippen MR) is 186 cm³/mol. The average molecular weight is 647 g/mol. The van der Waals surface area contributed by atoms with E-state index in [1.807, 2.05) is 60.0 Å². The molecule has 5 rings (SSSR count). The van der Waals surface area contributed by atoms with Gasteiger partial charge in [-0.05, 0) is 77.7 Å². The minimum atomic E-state index is -0.610. The normalized spacial score (nSPS) is 11.6. The summed E-state index contributed by atoms with van der Waals surface area (Å²) in [5.41, 5.74) is 3.05. The molecule has 0 saturated heterocycles. The van der Waals surface area contributed by atoms with Gasteiger partial charge in [0.05, 0.1) is 0 Å². The van der Waals surface area contributed by atoms with Crippen LogP contribution in [-0.2, 0) is 14.4 Å². The van der Waals surface area contributed by atoms with Crippen molar-refractivity contribution in [1.82, 2.24) is 5.32 Å². The zero-order chi connectivity index (χ0) is 32.3. The molecule has 0 saturated carbocycles. The Kier molecular flexibility index (Phi) is 10.8. The van der Waals surface area contributed by atoms with E-state index in [0.29, 0.717) is 22.6 Å². The van der Waals surface area contributed by atoms with Crippen molar-refractivity contribution in [3.05, 3.63) is 148 Å². The Balaban J connectivity index is 1.33. The molecule has 1 atom stereocenters. The molecule has 4 aromatic carbocycles. The predicted octanol–water partition coefficient (Wildman–Crippen LogP) is 7.59. The van der Waals surface area contributed by atoms with Crippen molar-refractivity contribution in [3.63, 3.8) is 0 Å². The SMILES string of the molecule is CC(=O)Nc1ccc(NC(=O)C(Sc2cccc(NC(=O)/C(=C/c3cccs3)NC(=O)c3ccccc3)c2)c2ccccc2)cc1. The van der Waals surface area contributed by atoms with Gasteiger partial charge in [0.1, 0.15) is 10.9 Å². The maximum absolute atomic E-state index is 13.6. The van der Waals surface area contributed by atoms with E-state index in [4.69, 9.17) is 0 Å². The van der Waals surface area contributed by atoms with Gasteiger partial charge in [-0.15, -0.1) is 23.1 Å². The molecule has 0 aliphatic heterocycles. The Morgan fingerprint density at radius 1 is 0.696 bits per heavy atom. The molecule has 8 nitrogen and oxygen atoms in total. The highest BCUT2D eigenvalue weighted by Gasteiger charge is 2.23. The van der Waals surface area contributed by atoms with Gasteiger partial charge in [0.15, 0.2) is 0 Å². The number of hydrogen-bond donors (Lipinski definition) is 4. The molecular weight excluding hydrogens is 617 g/mol. The van der Waals surface area contributed by atoms with Crippen molar-refractivity contribution in [1.29, 1.82) is 0 Å². The number of nitrogens with one attached hydrogen (secondary N) is 4. The minimum Gasteiger partial charge on any atom is -0.326 e. The fourth-order valence-electron chi connectivity index (χ4n) is 4.39. The van der Waals surface area contributed by atoms with E-state index in [-0.39, 0.29) is 17.5 Å². The molecule has 0 aliphatic rings. The highest BCUT2D eigenvalue weighted by atomic mass is 32.2. The maximum atomic E-state index is 13.6. The van der Waals surface area contributed by atoms with Crippen LogP contribution in [-0.4, -0.2) is 23.6 Å². The average Bonchev–Trinajstić information content (AvgIpc) is 3.58. The molecule has 10 heteroatoms. The Hall–Kier alpha value is -5.45. The van der Waals surface area contributed by atoms with E-state index < -0.39 is 17.1 Å². The summed E-state index contributed by atoms with van der Waals surface area (Å²) in [5.74, 6) is -1.30. The van der Waals surface area contributed by atoms with Crippen LogP contribution in [0.3, 0.4) is 0 Å². The third kappa shape index (κ3) is 9.04. The Morgan fingerprint density at radius 2 is 1.37 bits per heavy atom. The van der Waals surface area contributed by atoms with Crippen LogP contribution < -0.4 is 21.3 Å². The van der Waals surface area contributed by atoms with E-state index in [1.165, 1.54) is 30.0 Å². The first-order valence-corrected chi connectivity index (χ1v) is 16.0. The van der Waals surface area contributed by atoms with Crippen LogP contribution in [0.4, 0.5) is 17.1 Å². The monoisotopic (exact) mass is 646 g/mol. The van der Waals surface area contributed by atoms with Crippen molar-refractivity contribution in [2.24, 2.45) is 0 Å². The van der Waals surface area contributed by atoms with Gasteiger partial charge in [0, 0.05) is 39.3 Å². The number of thiophene rings is 1. The molecule has 1 unspecified atom stereocenters. The summed E-state index contributed by atoms with van der Waals surface area (Å²) in [4.78, 5) is 52.9. The minimum absolute atomic E-state index is 0.0976. The van der Waals surface area contributed by atoms with Gasteiger partial charge in [-0.3, -0.25) is 19.2 Å². The zero-order valence-corrected chi connectivity index (χ0v) is 26.4. The molecule has 4 amide bonds. The van der Waals surface area contributed by atoms with Crippen molar-refractivity contribution in [2.45, 2.75) is 17.1 Å². The zero-order valence-electron chi connectivity index (χ0n) is 24.7. The summed E-state index contributed by atoms with van der Waals surface area (Å²) in [5, 5.41) is 12.6. The summed E-state index contributed by atoms with van der Waals surface area (Å²) in [6, 6.07) is 35.9. The smallest absolute Gasteiger partial charge is 0.272 e. The molecule has 1 heterocycles. The second kappa shape index (κ2) is 15.5. The molecule has 46 heavy (non-hydrogen) atoms. The van der Waals surface area contributed by atoms with Crippen molar-refractivity contribution in [3.8, 4) is 0 Å². The first-order chi connectivity index (χ1) is 22.3. The van der Waals surface area contributed by atoms with E-state index in [1.54, 1.807) is 72.8 Å². The van der Waals surface area contributed by atoms with Crippen LogP contribution in [0, 0.1) is 0 Å². The number of rotatable bonds is 11. The third-order valence-electron chi connectivity index (χ3n) is 6.52. The topological polar surface area (TPSA) is 116 Å². The van der Waals surface area contributed by atoms with Crippen LogP contribution in [0.25, 0.3) is 6.08 Å². The number of benzene rings is 4. The number of thioether (sulfide) groups is 1. The lowest BCUT2D eigenvalue weighted by molar-refractivity contribution is -0.116. The molecule has 0 spiro atoms. The van der Waals surface area contributed by atoms with E-state index in [0.717, 1.165) is 15.3 Å². The van der Waals surface area contributed by atoms with Gasteiger partial charge < -0.3 is 21.3 Å². The second-order valence-corrected chi connectivity index (χ2v) is 12.2. The van der Waals surface area contributed by atoms with E-state index >= 15 is 0 Å². The van der Waals surface area contributed by atoms with Gasteiger partial charge in [-0.25, -0.2) is 0 Å². The van der Waals surface area contributed by atoms with Gasteiger partial charge in [0.25, 0.3) is 11.8 Å². The first kappa shape index (κ1) is 32.0. The molecule has 230 valence electrons. The molecule has 0 radical (unpaired) electrons. The van der Waals surface area contributed by atoms with Crippen LogP contribution in [0.1, 0.15) is 33.0 Å². The van der Waals surface area contributed by atoms with Gasteiger partial charge in [-0.2, -0.15) is 0 Å². The molecule has 0 fully saturated rings. The summed E-state index contributed by atoms with van der Waals surface area (Å²) in [6.45, 7) is 1.43.